The van der Waals surface area contributed by atoms with E-state index < -0.39 is 19.0 Å². The number of halogens is 8. The summed E-state index contributed by atoms with van der Waals surface area (Å²) in [5, 5.41) is 0. The molecule has 1 aliphatic heterocycles. The standard InChI is InChI=1S/C11H24NO.C2BF8/c1-5-13-10-12(11(2,3)4)8-6-7-9-12;4-1(5,2(6,7)8)3(9,10)11/h5-10H2,1-4H3;/q+1;-1. The Hall–Kier alpha value is -0.575. The van der Waals surface area contributed by atoms with Crippen molar-refractivity contribution in [2.45, 2.75) is 58.1 Å². The van der Waals surface area contributed by atoms with Crippen LogP contribution in [-0.4, -0.2) is 55.4 Å². The van der Waals surface area contributed by atoms with Crippen molar-refractivity contribution in [1.82, 2.24) is 0 Å². The van der Waals surface area contributed by atoms with Gasteiger partial charge in [0.05, 0.1) is 18.6 Å². The topological polar surface area (TPSA) is 9.23 Å². The van der Waals surface area contributed by atoms with Crippen molar-refractivity contribution in [3.05, 3.63) is 0 Å². The molecule has 2 nitrogen and oxygen atoms in total. The highest BCUT2D eigenvalue weighted by molar-refractivity contribution is 6.61. The molecule has 0 bridgehead atoms. The van der Waals surface area contributed by atoms with Crippen LogP contribution in [0.5, 0.6) is 0 Å². The van der Waals surface area contributed by atoms with Gasteiger partial charge in [0, 0.05) is 19.4 Å². The van der Waals surface area contributed by atoms with Crippen LogP contribution in [-0.2, 0) is 4.74 Å². The van der Waals surface area contributed by atoms with E-state index in [1.165, 1.54) is 25.9 Å². The molecule has 1 rings (SSSR count). The molecule has 0 saturated carbocycles. The van der Waals surface area contributed by atoms with E-state index in [1.807, 2.05) is 0 Å². The Morgan fingerprint density at radius 1 is 0.917 bits per heavy atom. The van der Waals surface area contributed by atoms with Gasteiger partial charge in [0.2, 0.25) is 0 Å². The Balaban J connectivity index is 0.000000449. The van der Waals surface area contributed by atoms with Crippen LogP contribution in [0.2, 0.25) is 0 Å². The third-order valence-electron chi connectivity index (χ3n) is 4.18. The summed E-state index contributed by atoms with van der Waals surface area (Å²) >= 11 is 0. The molecule has 0 N–H and O–H groups in total. The molecule has 0 unspecified atom stereocenters. The van der Waals surface area contributed by atoms with Crippen LogP contribution in [0.3, 0.4) is 0 Å². The Morgan fingerprint density at radius 3 is 1.54 bits per heavy atom. The number of hydrogen-bond donors (Lipinski definition) is 0. The van der Waals surface area contributed by atoms with Gasteiger partial charge in [-0.25, -0.2) is 8.78 Å². The predicted octanol–water partition coefficient (Wildman–Crippen LogP) is 4.96. The molecule has 1 heterocycles. The third kappa shape index (κ3) is 5.47. The minimum absolute atomic E-state index is 0.339. The molecule has 0 amide bonds. The van der Waals surface area contributed by atoms with E-state index >= 15 is 0 Å². The summed E-state index contributed by atoms with van der Waals surface area (Å²) in [6, 6.07) is 0. The maximum Gasteiger partial charge on any atom is 0.558 e. The molecule has 1 aliphatic rings. The molecular formula is C13H24BF8NO. The predicted molar refractivity (Wildman–Crippen MR) is 75.6 cm³/mol. The number of ether oxygens (including phenoxy) is 1. The lowest BCUT2D eigenvalue weighted by Gasteiger charge is -2.45. The number of hydrogen-bond acceptors (Lipinski definition) is 1. The van der Waals surface area contributed by atoms with Crippen molar-refractivity contribution in [2.24, 2.45) is 0 Å². The Bertz CT molecular complexity index is 367. The summed E-state index contributed by atoms with van der Waals surface area (Å²) in [5.41, 5.74) is 0.339. The minimum atomic E-state index is -7.21. The van der Waals surface area contributed by atoms with Crippen molar-refractivity contribution in [2.75, 3.05) is 26.4 Å². The Morgan fingerprint density at radius 2 is 1.33 bits per heavy atom. The zero-order chi connectivity index (χ0) is 19.4. The van der Waals surface area contributed by atoms with Gasteiger partial charge in [-0.05, 0) is 27.7 Å². The average Bonchev–Trinajstić information content (AvgIpc) is 2.84. The average molecular weight is 373 g/mol. The first-order valence-corrected chi connectivity index (χ1v) is 7.59. The number of rotatable bonds is 4. The van der Waals surface area contributed by atoms with Crippen LogP contribution in [0.4, 0.5) is 34.9 Å². The number of likely N-dealkylation sites (tertiary alicyclic amines) is 1. The van der Waals surface area contributed by atoms with Crippen molar-refractivity contribution in [1.29, 1.82) is 0 Å². The summed E-state index contributed by atoms with van der Waals surface area (Å²) in [6.45, 7) is 6.20. The fourth-order valence-corrected chi connectivity index (χ4v) is 2.39. The molecular weight excluding hydrogens is 349 g/mol. The lowest BCUT2D eigenvalue weighted by molar-refractivity contribution is -0.976. The SMILES string of the molecule is CCOC[N+]1(C(C)(C)C)CCCC1.F[B-](F)(F)C(F)(F)C(F)(F)F. The van der Waals surface area contributed by atoms with Gasteiger partial charge < -0.3 is 17.7 Å². The van der Waals surface area contributed by atoms with Gasteiger partial charge >= 0.3 is 19.0 Å². The van der Waals surface area contributed by atoms with E-state index in [1.54, 1.807) is 0 Å². The van der Waals surface area contributed by atoms with E-state index in [0.29, 0.717) is 5.54 Å². The van der Waals surface area contributed by atoms with E-state index in [-0.39, 0.29) is 0 Å². The molecule has 0 aromatic rings. The lowest BCUT2D eigenvalue weighted by Crippen LogP contribution is -2.59. The zero-order valence-corrected chi connectivity index (χ0v) is 14.2. The minimum Gasteiger partial charge on any atom is -0.445 e. The second-order valence-electron chi connectivity index (χ2n) is 6.79. The Kier molecular flexibility index (Phi) is 7.57. The molecule has 0 aromatic heterocycles. The summed E-state index contributed by atoms with van der Waals surface area (Å²) in [5.74, 6) is -6.56. The summed E-state index contributed by atoms with van der Waals surface area (Å²) < 4.78 is 94.6. The van der Waals surface area contributed by atoms with Crippen LogP contribution >= 0.6 is 0 Å². The number of alkyl halides is 5. The zero-order valence-electron chi connectivity index (χ0n) is 14.2. The Labute approximate surface area is 136 Å². The largest absolute Gasteiger partial charge is 0.558 e. The summed E-state index contributed by atoms with van der Waals surface area (Å²) in [7, 11) is 0. The van der Waals surface area contributed by atoms with E-state index in [0.717, 1.165) is 17.8 Å². The van der Waals surface area contributed by atoms with Crippen LogP contribution in [0.25, 0.3) is 0 Å². The van der Waals surface area contributed by atoms with Crippen LogP contribution in [0.1, 0.15) is 40.5 Å². The van der Waals surface area contributed by atoms with E-state index in [2.05, 4.69) is 27.7 Å². The maximum absolute atomic E-state index is 11.2. The highest BCUT2D eigenvalue weighted by Crippen LogP contribution is 2.44. The van der Waals surface area contributed by atoms with Crippen molar-refractivity contribution < 1.29 is 44.1 Å². The maximum atomic E-state index is 11.2. The van der Waals surface area contributed by atoms with Crippen molar-refractivity contribution >= 4 is 6.98 Å². The van der Waals surface area contributed by atoms with Crippen molar-refractivity contribution in [3.8, 4) is 0 Å². The second kappa shape index (κ2) is 7.76. The molecule has 0 aromatic carbocycles. The van der Waals surface area contributed by atoms with Crippen LogP contribution in [0.15, 0.2) is 0 Å². The normalized spacial score (nSPS) is 19.0. The smallest absolute Gasteiger partial charge is 0.445 e. The molecule has 1 saturated heterocycles. The van der Waals surface area contributed by atoms with E-state index in [9.17, 15) is 34.9 Å². The highest BCUT2D eigenvalue weighted by Gasteiger charge is 2.69. The van der Waals surface area contributed by atoms with Crippen LogP contribution < -0.4 is 0 Å². The first kappa shape index (κ1) is 23.4. The first-order valence-electron chi connectivity index (χ1n) is 7.59. The molecule has 0 radical (unpaired) electrons. The highest BCUT2D eigenvalue weighted by atomic mass is 19.4. The van der Waals surface area contributed by atoms with Crippen molar-refractivity contribution in [3.63, 3.8) is 0 Å². The molecule has 1 fully saturated rings. The van der Waals surface area contributed by atoms with Gasteiger partial charge in [-0.3, -0.25) is 4.48 Å². The number of nitrogens with zero attached hydrogens (tertiary/aromatic N) is 1. The summed E-state index contributed by atoms with van der Waals surface area (Å²) in [6.07, 6.45) is -3.82. The molecule has 0 aliphatic carbocycles. The van der Waals surface area contributed by atoms with Crippen LogP contribution in [0, 0.1) is 0 Å². The van der Waals surface area contributed by atoms with Gasteiger partial charge in [0.15, 0.2) is 6.73 Å². The second-order valence-corrected chi connectivity index (χ2v) is 6.79. The van der Waals surface area contributed by atoms with Gasteiger partial charge in [0.1, 0.15) is 0 Å². The molecule has 0 spiro atoms. The van der Waals surface area contributed by atoms with E-state index in [4.69, 9.17) is 4.74 Å². The third-order valence-corrected chi connectivity index (χ3v) is 4.18. The fourth-order valence-electron chi connectivity index (χ4n) is 2.39. The fraction of sp³-hybridized carbons (Fsp3) is 1.00. The van der Waals surface area contributed by atoms with Gasteiger partial charge in [0.25, 0.3) is 0 Å². The van der Waals surface area contributed by atoms with Gasteiger partial charge in [-0.2, -0.15) is 13.2 Å². The molecule has 146 valence electrons. The summed E-state index contributed by atoms with van der Waals surface area (Å²) in [4.78, 5) is 0. The monoisotopic (exact) mass is 373 g/mol. The quantitative estimate of drug-likeness (QED) is 0.385. The molecule has 0 atom stereocenters. The number of quaternary nitrogens is 1. The van der Waals surface area contributed by atoms with Gasteiger partial charge in [-0.15, -0.1) is 0 Å². The lowest BCUT2D eigenvalue weighted by atomic mass is 9.80. The molecule has 11 heteroatoms. The van der Waals surface area contributed by atoms with Gasteiger partial charge in [-0.1, -0.05) is 0 Å². The molecule has 24 heavy (non-hydrogen) atoms. The first-order chi connectivity index (χ1) is 10.5.